The molecule has 2 aromatic carbocycles. The molecule has 1 aliphatic heterocycles. The summed E-state index contributed by atoms with van der Waals surface area (Å²) in [6.07, 6.45) is 1.43. The molecule has 0 spiro atoms. The van der Waals surface area contributed by atoms with Crippen molar-refractivity contribution in [2.24, 2.45) is 10.2 Å². The van der Waals surface area contributed by atoms with Crippen LogP contribution in [0.1, 0.15) is 18.1 Å². The lowest BCUT2D eigenvalue weighted by Crippen LogP contribution is -2.28. The smallest absolute Gasteiger partial charge is 0.270 e. The molecule has 1 heterocycles. The Morgan fingerprint density at radius 1 is 1.29 bits per heavy atom. The Bertz CT molecular complexity index is 928. The zero-order valence-electron chi connectivity index (χ0n) is 15.1. The molecule has 0 radical (unpaired) electrons. The van der Waals surface area contributed by atoms with Gasteiger partial charge in [0, 0.05) is 17.7 Å². The predicted octanol–water partition coefficient (Wildman–Crippen LogP) is 3.46. The number of hydrogen-bond donors (Lipinski definition) is 0. The number of nitro benzene ring substituents is 1. The summed E-state index contributed by atoms with van der Waals surface area (Å²) in [5, 5.41) is 19.4. The highest BCUT2D eigenvalue weighted by Crippen LogP contribution is 2.23. The van der Waals surface area contributed by atoms with E-state index in [-0.39, 0.29) is 11.6 Å². The molecule has 1 amide bonds. The van der Waals surface area contributed by atoms with Gasteiger partial charge in [-0.1, -0.05) is 36.0 Å². The fourth-order valence-corrected chi connectivity index (χ4v) is 3.37. The molecule has 0 unspecified atom stereocenters. The van der Waals surface area contributed by atoms with E-state index in [1.807, 2.05) is 31.2 Å². The maximum atomic E-state index is 12.2. The first-order chi connectivity index (χ1) is 13.6. The Morgan fingerprint density at radius 3 is 2.79 bits per heavy atom. The third-order valence-electron chi connectivity index (χ3n) is 3.86. The van der Waals surface area contributed by atoms with Crippen LogP contribution in [-0.2, 0) is 11.3 Å². The van der Waals surface area contributed by atoms with Crippen molar-refractivity contribution in [1.82, 2.24) is 4.90 Å². The lowest BCUT2D eigenvalue weighted by Gasteiger charge is -2.15. The standard InChI is InChI=1S/C19H18N4O4S/c1-2-27-17-8-6-14(7-9-17)12-22-18(24)13-28-19(22)21-20-11-15-4-3-5-16(10-15)23(25)26/h3-11H,2,12-13H2,1H3/b20-11-,21-19+. The highest BCUT2D eigenvalue weighted by Gasteiger charge is 2.28. The molecule has 9 heteroatoms. The van der Waals surface area contributed by atoms with E-state index in [2.05, 4.69) is 10.2 Å². The van der Waals surface area contributed by atoms with Crippen molar-refractivity contribution < 1.29 is 14.5 Å². The average molecular weight is 398 g/mol. The van der Waals surface area contributed by atoms with Crippen LogP contribution >= 0.6 is 11.8 Å². The number of thioether (sulfide) groups is 1. The summed E-state index contributed by atoms with van der Waals surface area (Å²) >= 11 is 1.31. The summed E-state index contributed by atoms with van der Waals surface area (Å²) in [6.45, 7) is 2.91. The Kier molecular flexibility index (Phi) is 6.38. The minimum absolute atomic E-state index is 0.0147. The first-order valence-electron chi connectivity index (χ1n) is 8.57. The quantitative estimate of drug-likeness (QED) is 0.404. The van der Waals surface area contributed by atoms with Gasteiger partial charge in [-0.05, 0) is 24.6 Å². The monoisotopic (exact) mass is 398 g/mol. The molecule has 1 aliphatic rings. The number of carbonyl (C=O) groups excluding carboxylic acids is 1. The first kappa shape index (κ1) is 19.6. The molecule has 0 aliphatic carbocycles. The number of rotatable bonds is 7. The minimum atomic E-state index is -0.465. The average Bonchev–Trinajstić information content (AvgIpc) is 3.03. The molecule has 0 saturated carbocycles. The van der Waals surface area contributed by atoms with Crippen LogP contribution in [0.15, 0.2) is 58.7 Å². The summed E-state index contributed by atoms with van der Waals surface area (Å²) in [5.74, 6) is 1.05. The number of non-ortho nitro benzene ring substituents is 1. The van der Waals surface area contributed by atoms with Crippen molar-refractivity contribution in [3.05, 3.63) is 69.8 Å². The molecule has 0 bridgehead atoms. The van der Waals surface area contributed by atoms with E-state index >= 15 is 0 Å². The maximum absolute atomic E-state index is 12.2. The molecule has 144 valence electrons. The number of carbonyl (C=O) groups is 1. The van der Waals surface area contributed by atoms with Crippen molar-refractivity contribution in [3.8, 4) is 5.75 Å². The van der Waals surface area contributed by atoms with Crippen molar-refractivity contribution >= 4 is 34.7 Å². The second-order valence-electron chi connectivity index (χ2n) is 5.82. The molecule has 0 aromatic heterocycles. The van der Waals surface area contributed by atoms with Gasteiger partial charge in [0.15, 0.2) is 5.17 Å². The maximum Gasteiger partial charge on any atom is 0.270 e. The molecular weight excluding hydrogens is 380 g/mol. The van der Waals surface area contributed by atoms with E-state index in [1.54, 1.807) is 17.0 Å². The first-order valence-corrected chi connectivity index (χ1v) is 9.55. The Hall–Kier alpha value is -3.20. The third-order valence-corrected chi connectivity index (χ3v) is 4.81. The van der Waals surface area contributed by atoms with E-state index < -0.39 is 4.92 Å². The van der Waals surface area contributed by atoms with Gasteiger partial charge in [0.25, 0.3) is 5.69 Å². The van der Waals surface area contributed by atoms with Crippen LogP contribution in [0.5, 0.6) is 5.75 Å². The van der Waals surface area contributed by atoms with Crippen LogP contribution in [-0.4, -0.2) is 39.5 Å². The number of amides is 1. The minimum Gasteiger partial charge on any atom is -0.494 e. The van der Waals surface area contributed by atoms with Gasteiger partial charge in [-0.2, -0.15) is 5.10 Å². The lowest BCUT2D eigenvalue weighted by atomic mass is 10.2. The van der Waals surface area contributed by atoms with E-state index in [0.29, 0.717) is 29.6 Å². The van der Waals surface area contributed by atoms with Gasteiger partial charge >= 0.3 is 0 Å². The summed E-state index contributed by atoms with van der Waals surface area (Å²) in [5.41, 5.74) is 1.50. The van der Waals surface area contributed by atoms with Gasteiger partial charge in [-0.15, -0.1) is 5.10 Å². The molecule has 0 atom stereocenters. The fraction of sp³-hybridized carbons (Fsp3) is 0.211. The summed E-state index contributed by atoms with van der Waals surface area (Å²) in [4.78, 5) is 24.1. The number of ether oxygens (including phenoxy) is 1. The van der Waals surface area contributed by atoms with Crippen LogP contribution < -0.4 is 4.74 Å². The van der Waals surface area contributed by atoms with Crippen LogP contribution in [0, 0.1) is 10.1 Å². The van der Waals surface area contributed by atoms with Gasteiger partial charge in [0.2, 0.25) is 5.91 Å². The predicted molar refractivity (Wildman–Crippen MR) is 109 cm³/mol. The zero-order chi connectivity index (χ0) is 19.9. The van der Waals surface area contributed by atoms with Gasteiger partial charge in [0.05, 0.1) is 30.0 Å². The SMILES string of the molecule is CCOc1ccc(CN2C(=O)CS/C2=N/N=C\c2cccc([N+](=O)[O-])c2)cc1. The van der Waals surface area contributed by atoms with Crippen molar-refractivity contribution in [3.63, 3.8) is 0 Å². The Labute approximate surface area is 166 Å². The number of nitro groups is 1. The van der Waals surface area contributed by atoms with Crippen molar-refractivity contribution in [2.45, 2.75) is 13.5 Å². The molecule has 1 saturated heterocycles. The number of hydrogen-bond acceptors (Lipinski definition) is 7. The van der Waals surface area contributed by atoms with E-state index in [9.17, 15) is 14.9 Å². The molecule has 3 rings (SSSR count). The van der Waals surface area contributed by atoms with Crippen molar-refractivity contribution in [2.75, 3.05) is 12.4 Å². The van der Waals surface area contributed by atoms with Gasteiger partial charge < -0.3 is 4.74 Å². The number of nitrogens with zero attached hydrogens (tertiary/aromatic N) is 4. The van der Waals surface area contributed by atoms with Crippen LogP contribution in [0.4, 0.5) is 5.69 Å². The molecular formula is C19H18N4O4S. The van der Waals surface area contributed by atoms with Gasteiger partial charge in [0.1, 0.15) is 5.75 Å². The highest BCUT2D eigenvalue weighted by atomic mass is 32.2. The largest absolute Gasteiger partial charge is 0.494 e. The van der Waals surface area contributed by atoms with Crippen LogP contribution in [0.25, 0.3) is 0 Å². The molecule has 1 fully saturated rings. The second-order valence-corrected chi connectivity index (χ2v) is 6.77. The second kappa shape index (κ2) is 9.14. The Balaban J connectivity index is 1.70. The molecule has 28 heavy (non-hydrogen) atoms. The molecule has 8 nitrogen and oxygen atoms in total. The Morgan fingerprint density at radius 2 is 2.07 bits per heavy atom. The van der Waals surface area contributed by atoms with Crippen LogP contribution in [0.3, 0.4) is 0 Å². The summed E-state index contributed by atoms with van der Waals surface area (Å²) in [7, 11) is 0. The fourth-order valence-electron chi connectivity index (χ4n) is 2.53. The summed E-state index contributed by atoms with van der Waals surface area (Å²) < 4.78 is 5.42. The van der Waals surface area contributed by atoms with Gasteiger partial charge in [-0.25, -0.2) is 0 Å². The lowest BCUT2D eigenvalue weighted by molar-refractivity contribution is -0.384. The number of amidine groups is 1. The molecule has 2 aromatic rings. The van der Waals surface area contributed by atoms with Crippen molar-refractivity contribution in [1.29, 1.82) is 0 Å². The van der Waals surface area contributed by atoms with E-state index in [1.165, 1.54) is 30.1 Å². The topological polar surface area (TPSA) is 97.4 Å². The summed E-state index contributed by atoms with van der Waals surface area (Å²) in [6, 6.07) is 13.6. The normalized spacial score (nSPS) is 15.5. The number of benzene rings is 2. The van der Waals surface area contributed by atoms with E-state index in [0.717, 1.165) is 11.3 Å². The molecule has 0 N–H and O–H groups in total. The highest BCUT2D eigenvalue weighted by molar-refractivity contribution is 8.15. The van der Waals surface area contributed by atoms with Gasteiger partial charge in [-0.3, -0.25) is 19.8 Å². The zero-order valence-corrected chi connectivity index (χ0v) is 16.0. The third kappa shape index (κ3) is 4.95. The van der Waals surface area contributed by atoms with E-state index in [4.69, 9.17) is 4.74 Å². The van der Waals surface area contributed by atoms with Crippen LogP contribution in [0.2, 0.25) is 0 Å².